The summed E-state index contributed by atoms with van der Waals surface area (Å²) in [6.07, 6.45) is 3.89. The summed E-state index contributed by atoms with van der Waals surface area (Å²) in [7, 11) is 0. The first kappa shape index (κ1) is 7.22. The van der Waals surface area contributed by atoms with E-state index in [2.05, 4.69) is 4.98 Å². The van der Waals surface area contributed by atoms with Gasteiger partial charge in [0.05, 0.1) is 0 Å². The van der Waals surface area contributed by atoms with Gasteiger partial charge in [-0.2, -0.15) is 0 Å². The minimum absolute atomic E-state index is 0.561. The van der Waals surface area contributed by atoms with E-state index < -0.39 is 5.38 Å². The molecular formula is C7H6ClNO. The summed E-state index contributed by atoms with van der Waals surface area (Å²) in [4.78, 5) is 14.0. The van der Waals surface area contributed by atoms with Crippen molar-refractivity contribution in [3.05, 3.63) is 30.1 Å². The predicted molar refractivity (Wildman–Crippen MR) is 38.9 cm³/mol. The molecule has 1 unspecified atom stereocenters. The molecule has 0 aliphatic carbocycles. The number of hydrogen-bond acceptors (Lipinski definition) is 2. The molecule has 1 heterocycles. The molecule has 2 nitrogen and oxygen atoms in total. The Hall–Kier alpha value is -0.890. The van der Waals surface area contributed by atoms with Gasteiger partial charge in [-0.3, -0.25) is 4.98 Å². The van der Waals surface area contributed by atoms with Crippen molar-refractivity contribution in [2.45, 2.75) is 5.38 Å². The Morgan fingerprint density at radius 1 is 1.70 bits per heavy atom. The second-order valence-corrected chi connectivity index (χ2v) is 2.29. The third kappa shape index (κ3) is 1.54. The smallest absolute Gasteiger partial charge is 0.142 e. The topological polar surface area (TPSA) is 30.0 Å². The molecule has 0 N–H and O–H groups in total. The normalized spacial score (nSPS) is 12.5. The van der Waals surface area contributed by atoms with Crippen LogP contribution in [0.1, 0.15) is 10.9 Å². The molecule has 0 saturated heterocycles. The van der Waals surface area contributed by atoms with Gasteiger partial charge in [-0.1, -0.05) is 6.07 Å². The van der Waals surface area contributed by atoms with Crippen molar-refractivity contribution < 1.29 is 4.79 Å². The molecule has 1 atom stereocenters. The summed E-state index contributed by atoms with van der Waals surface area (Å²) in [5.41, 5.74) is 0.735. The van der Waals surface area contributed by atoms with Crippen LogP contribution in [0.3, 0.4) is 0 Å². The minimum atomic E-state index is -0.561. The number of hydrogen-bond donors (Lipinski definition) is 0. The molecule has 0 aromatic carbocycles. The summed E-state index contributed by atoms with van der Waals surface area (Å²) in [6.45, 7) is 0. The van der Waals surface area contributed by atoms with Gasteiger partial charge < -0.3 is 4.79 Å². The van der Waals surface area contributed by atoms with Crippen molar-refractivity contribution in [1.82, 2.24) is 4.98 Å². The average molecular weight is 156 g/mol. The van der Waals surface area contributed by atoms with Crippen molar-refractivity contribution in [1.29, 1.82) is 0 Å². The fourth-order valence-electron chi connectivity index (χ4n) is 0.618. The fourth-order valence-corrected chi connectivity index (χ4v) is 0.747. The number of carbonyl (C=O) groups is 1. The Morgan fingerprint density at radius 2 is 2.50 bits per heavy atom. The van der Waals surface area contributed by atoms with E-state index in [1.165, 1.54) is 0 Å². The molecule has 0 aliphatic heterocycles. The highest BCUT2D eigenvalue weighted by atomic mass is 35.5. The van der Waals surface area contributed by atoms with Crippen LogP contribution in [0.2, 0.25) is 0 Å². The number of aromatic nitrogens is 1. The highest BCUT2D eigenvalue weighted by molar-refractivity contribution is 6.27. The average Bonchev–Trinajstić information content (AvgIpc) is 2.05. The lowest BCUT2D eigenvalue weighted by Crippen LogP contribution is -1.90. The first-order chi connectivity index (χ1) is 4.84. The fraction of sp³-hybridized carbons (Fsp3) is 0.143. The molecule has 0 fully saturated rings. The van der Waals surface area contributed by atoms with E-state index >= 15 is 0 Å². The summed E-state index contributed by atoms with van der Waals surface area (Å²) in [5.74, 6) is 0. The number of aldehydes is 1. The van der Waals surface area contributed by atoms with Gasteiger partial charge in [-0.05, 0) is 11.6 Å². The zero-order valence-electron chi connectivity index (χ0n) is 5.20. The Morgan fingerprint density at radius 3 is 3.00 bits per heavy atom. The lowest BCUT2D eigenvalue weighted by atomic mass is 10.2. The number of carbonyl (C=O) groups excluding carboxylic acids is 1. The molecule has 0 radical (unpaired) electrons. The van der Waals surface area contributed by atoms with Crippen molar-refractivity contribution in [2.24, 2.45) is 0 Å². The first-order valence-electron chi connectivity index (χ1n) is 2.84. The second kappa shape index (κ2) is 3.32. The van der Waals surface area contributed by atoms with Crippen molar-refractivity contribution >= 4 is 17.9 Å². The van der Waals surface area contributed by atoms with E-state index in [-0.39, 0.29) is 0 Å². The van der Waals surface area contributed by atoms with Crippen LogP contribution in [0.5, 0.6) is 0 Å². The molecule has 0 saturated carbocycles. The van der Waals surface area contributed by atoms with Gasteiger partial charge in [0.2, 0.25) is 0 Å². The highest BCUT2D eigenvalue weighted by Crippen LogP contribution is 2.14. The van der Waals surface area contributed by atoms with Crippen molar-refractivity contribution in [3.63, 3.8) is 0 Å². The van der Waals surface area contributed by atoms with Crippen LogP contribution >= 0.6 is 11.6 Å². The Labute approximate surface area is 63.8 Å². The van der Waals surface area contributed by atoms with Gasteiger partial charge >= 0.3 is 0 Å². The third-order valence-corrected chi connectivity index (χ3v) is 1.48. The highest BCUT2D eigenvalue weighted by Gasteiger charge is 2.03. The van der Waals surface area contributed by atoms with Gasteiger partial charge in [-0.25, -0.2) is 0 Å². The van der Waals surface area contributed by atoms with Gasteiger partial charge in [0.25, 0.3) is 0 Å². The number of alkyl halides is 1. The van der Waals surface area contributed by atoms with Crippen LogP contribution in [-0.2, 0) is 4.79 Å². The predicted octanol–water partition coefficient (Wildman–Crippen LogP) is 1.56. The zero-order chi connectivity index (χ0) is 7.40. The monoisotopic (exact) mass is 155 g/mol. The number of nitrogens with zero attached hydrogens (tertiary/aromatic N) is 1. The molecule has 52 valence electrons. The van der Waals surface area contributed by atoms with Crippen molar-refractivity contribution in [2.75, 3.05) is 0 Å². The molecule has 3 heteroatoms. The van der Waals surface area contributed by atoms with Crippen LogP contribution in [0.4, 0.5) is 0 Å². The minimum Gasteiger partial charge on any atom is -0.301 e. The van der Waals surface area contributed by atoms with E-state index in [4.69, 9.17) is 11.6 Å². The number of pyridine rings is 1. The molecule has 1 aromatic rings. The molecule has 1 aromatic heterocycles. The molecule has 10 heavy (non-hydrogen) atoms. The zero-order valence-corrected chi connectivity index (χ0v) is 5.95. The SMILES string of the molecule is O=CC(Cl)c1cccnc1. The maximum absolute atomic E-state index is 10.1. The second-order valence-electron chi connectivity index (χ2n) is 1.82. The van der Waals surface area contributed by atoms with Crippen LogP contribution in [0.25, 0.3) is 0 Å². The van der Waals surface area contributed by atoms with E-state index in [1.54, 1.807) is 24.5 Å². The van der Waals surface area contributed by atoms with Gasteiger partial charge in [0.1, 0.15) is 11.7 Å². The van der Waals surface area contributed by atoms with Crippen molar-refractivity contribution in [3.8, 4) is 0 Å². The van der Waals surface area contributed by atoms with Crippen LogP contribution in [0.15, 0.2) is 24.5 Å². The summed E-state index contributed by atoms with van der Waals surface area (Å²) in [6, 6.07) is 3.51. The standard InChI is InChI=1S/C7H6ClNO/c8-7(5-10)6-2-1-3-9-4-6/h1-5,7H. The van der Waals surface area contributed by atoms with E-state index in [0.29, 0.717) is 6.29 Å². The Balaban J connectivity index is 2.84. The largest absolute Gasteiger partial charge is 0.301 e. The molecule has 0 spiro atoms. The maximum Gasteiger partial charge on any atom is 0.142 e. The summed E-state index contributed by atoms with van der Waals surface area (Å²) < 4.78 is 0. The van der Waals surface area contributed by atoms with Crippen LogP contribution in [-0.4, -0.2) is 11.3 Å². The lowest BCUT2D eigenvalue weighted by Gasteiger charge is -1.97. The number of rotatable bonds is 2. The van der Waals surface area contributed by atoms with Gasteiger partial charge in [0.15, 0.2) is 0 Å². The van der Waals surface area contributed by atoms with Crippen LogP contribution < -0.4 is 0 Å². The van der Waals surface area contributed by atoms with E-state index in [9.17, 15) is 4.79 Å². The maximum atomic E-state index is 10.1. The quantitative estimate of drug-likeness (QED) is 0.479. The summed E-state index contributed by atoms with van der Waals surface area (Å²) >= 11 is 5.58. The first-order valence-corrected chi connectivity index (χ1v) is 3.27. The molecule has 0 aliphatic rings. The summed E-state index contributed by atoms with van der Waals surface area (Å²) in [5, 5.41) is -0.561. The van der Waals surface area contributed by atoms with Gasteiger partial charge in [-0.15, -0.1) is 11.6 Å². The Bertz CT molecular complexity index is 212. The van der Waals surface area contributed by atoms with Gasteiger partial charge in [0, 0.05) is 12.4 Å². The van der Waals surface area contributed by atoms with Crippen LogP contribution in [0, 0.1) is 0 Å². The van der Waals surface area contributed by atoms with E-state index in [1.807, 2.05) is 0 Å². The Kier molecular flexibility index (Phi) is 2.40. The molecule has 1 rings (SSSR count). The van der Waals surface area contributed by atoms with E-state index in [0.717, 1.165) is 5.56 Å². The number of halogens is 1. The molecular weight excluding hydrogens is 150 g/mol. The third-order valence-electron chi connectivity index (χ3n) is 1.12. The lowest BCUT2D eigenvalue weighted by molar-refractivity contribution is -0.107. The molecule has 0 amide bonds. The molecule has 0 bridgehead atoms.